The number of aliphatic hydroxyl groups is 1. The van der Waals surface area contributed by atoms with Crippen LogP contribution >= 0.6 is 15.9 Å². The van der Waals surface area contributed by atoms with Gasteiger partial charge in [-0.2, -0.15) is 0 Å². The smallest absolute Gasteiger partial charge is 0.283 e. The van der Waals surface area contributed by atoms with Crippen LogP contribution in [-0.2, 0) is 11.3 Å². The quantitative estimate of drug-likeness (QED) is 0.587. The van der Waals surface area contributed by atoms with Crippen molar-refractivity contribution in [2.45, 2.75) is 12.6 Å². The Morgan fingerprint density at radius 1 is 1.61 bits per heavy atom. The lowest BCUT2D eigenvalue weighted by atomic mass is 10.2. The highest BCUT2D eigenvalue weighted by molar-refractivity contribution is 9.10. The van der Waals surface area contributed by atoms with Crippen LogP contribution in [0.15, 0.2) is 22.7 Å². The van der Waals surface area contributed by atoms with Gasteiger partial charge in [0.25, 0.3) is 5.69 Å². The van der Waals surface area contributed by atoms with Crippen molar-refractivity contribution < 1.29 is 14.8 Å². The first-order chi connectivity index (χ1) is 8.54. The molecule has 1 aromatic carbocycles. The van der Waals surface area contributed by atoms with Gasteiger partial charge in [0.1, 0.15) is 0 Å². The van der Waals surface area contributed by atoms with E-state index in [-0.39, 0.29) is 12.3 Å². The number of halogens is 1. The highest BCUT2D eigenvalue weighted by atomic mass is 79.9. The molecule has 1 rings (SSSR count). The number of hydrogen-bond donors (Lipinski definition) is 2. The van der Waals surface area contributed by atoms with E-state index in [0.717, 1.165) is 5.56 Å². The first-order valence-electron chi connectivity index (χ1n) is 5.35. The molecule has 100 valence electrons. The molecule has 0 saturated carbocycles. The fourth-order valence-electron chi connectivity index (χ4n) is 1.44. The number of ether oxygens (including phenoxy) is 1. The summed E-state index contributed by atoms with van der Waals surface area (Å²) in [5.74, 6) is 0. The number of nitro groups is 1. The lowest BCUT2D eigenvalue weighted by Gasteiger charge is -2.10. The van der Waals surface area contributed by atoms with Crippen LogP contribution in [0.2, 0.25) is 0 Å². The lowest BCUT2D eigenvalue weighted by Crippen LogP contribution is -2.29. The summed E-state index contributed by atoms with van der Waals surface area (Å²) in [5.41, 5.74) is 0.821. The molecule has 0 aromatic heterocycles. The van der Waals surface area contributed by atoms with Gasteiger partial charge in [-0.1, -0.05) is 6.07 Å². The summed E-state index contributed by atoms with van der Waals surface area (Å²) in [4.78, 5) is 10.3. The van der Waals surface area contributed by atoms with Gasteiger partial charge >= 0.3 is 0 Å². The van der Waals surface area contributed by atoms with Crippen LogP contribution in [0.25, 0.3) is 0 Å². The Bertz CT molecular complexity index is 414. The summed E-state index contributed by atoms with van der Waals surface area (Å²) in [6, 6.07) is 4.92. The number of nitrogens with one attached hydrogen (secondary N) is 1. The maximum Gasteiger partial charge on any atom is 0.283 e. The predicted octanol–water partition coefficient (Wildman–Crippen LogP) is 1.45. The third-order valence-corrected chi connectivity index (χ3v) is 2.95. The third kappa shape index (κ3) is 4.69. The van der Waals surface area contributed by atoms with Crippen molar-refractivity contribution in [3.05, 3.63) is 38.3 Å². The third-order valence-electron chi connectivity index (χ3n) is 2.28. The van der Waals surface area contributed by atoms with Crippen LogP contribution in [0.5, 0.6) is 0 Å². The number of nitro benzene ring substituents is 1. The van der Waals surface area contributed by atoms with Crippen molar-refractivity contribution in [2.24, 2.45) is 0 Å². The summed E-state index contributed by atoms with van der Waals surface area (Å²) in [6.07, 6.45) is -0.583. The van der Waals surface area contributed by atoms with Crippen LogP contribution < -0.4 is 5.32 Å². The molecule has 0 saturated heterocycles. The monoisotopic (exact) mass is 318 g/mol. The Labute approximate surface area is 113 Å². The van der Waals surface area contributed by atoms with E-state index in [4.69, 9.17) is 4.74 Å². The molecule has 0 aliphatic carbocycles. The second kappa shape index (κ2) is 7.42. The minimum absolute atomic E-state index is 0.0340. The van der Waals surface area contributed by atoms with E-state index in [9.17, 15) is 15.2 Å². The average molecular weight is 319 g/mol. The average Bonchev–Trinajstić information content (AvgIpc) is 2.31. The van der Waals surface area contributed by atoms with Gasteiger partial charge < -0.3 is 15.2 Å². The maximum atomic E-state index is 10.7. The van der Waals surface area contributed by atoms with E-state index < -0.39 is 11.0 Å². The standard InChI is InChI=1S/C11H15BrN2O4/c1-18-7-9(15)6-13-5-8-2-3-10(12)11(4-8)14(16)17/h2-4,9,13,15H,5-7H2,1H3. The molecule has 1 aromatic rings. The van der Waals surface area contributed by atoms with E-state index in [0.29, 0.717) is 17.6 Å². The van der Waals surface area contributed by atoms with Crippen LogP contribution in [0.3, 0.4) is 0 Å². The van der Waals surface area contributed by atoms with E-state index in [1.54, 1.807) is 12.1 Å². The molecule has 0 aliphatic heterocycles. The molecule has 1 unspecified atom stereocenters. The SMILES string of the molecule is COCC(O)CNCc1ccc(Br)c([N+](=O)[O-])c1. The molecular formula is C11H15BrN2O4. The number of rotatable bonds is 7. The van der Waals surface area contributed by atoms with Gasteiger partial charge in [0, 0.05) is 26.3 Å². The summed E-state index contributed by atoms with van der Waals surface area (Å²) >= 11 is 3.12. The molecule has 0 radical (unpaired) electrons. The van der Waals surface area contributed by atoms with Crippen molar-refractivity contribution in [2.75, 3.05) is 20.3 Å². The van der Waals surface area contributed by atoms with Gasteiger partial charge in [0.2, 0.25) is 0 Å². The van der Waals surface area contributed by atoms with Crippen molar-refractivity contribution in [1.82, 2.24) is 5.32 Å². The molecule has 0 fully saturated rings. The molecule has 2 N–H and O–H groups in total. The largest absolute Gasteiger partial charge is 0.389 e. The zero-order chi connectivity index (χ0) is 13.5. The molecule has 18 heavy (non-hydrogen) atoms. The van der Waals surface area contributed by atoms with Gasteiger partial charge in [0.15, 0.2) is 0 Å². The van der Waals surface area contributed by atoms with Crippen molar-refractivity contribution in [3.63, 3.8) is 0 Å². The highest BCUT2D eigenvalue weighted by Gasteiger charge is 2.12. The van der Waals surface area contributed by atoms with Crippen LogP contribution in [0.1, 0.15) is 5.56 Å². The van der Waals surface area contributed by atoms with E-state index in [2.05, 4.69) is 21.2 Å². The van der Waals surface area contributed by atoms with Gasteiger partial charge in [0.05, 0.1) is 22.1 Å². The molecule has 0 amide bonds. The Kier molecular flexibility index (Phi) is 6.20. The number of aliphatic hydroxyl groups excluding tert-OH is 1. The van der Waals surface area contributed by atoms with Crippen molar-refractivity contribution in [1.29, 1.82) is 0 Å². The van der Waals surface area contributed by atoms with Crippen LogP contribution in [-0.4, -0.2) is 36.4 Å². The molecule has 0 heterocycles. The lowest BCUT2D eigenvalue weighted by molar-refractivity contribution is -0.385. The molecular weight excluding hydrogens is 304 g/mol. The van der Waals surface area contributed by atoms with E-state index in [1.165, 1.54) is 13.2 Å². The summed E-state index contributed by atoms with van der Waals surface area (Å²) in [6.45, 7) is 1.08. The molecule has 0 spiro atoms. The number of methoxy groups -OCH3 is 1. The first-order valence-corrected chi connectivity index (χ1v) is 6.14. The summed E-state index contributed by atoms with van der Waals surface area (Å²) in [7, 11) is 1.52. The maximum absolute atomic E-state index is 10.7. The Hall–Kier alpha value is -1.02. The molecule has 1 atom stereocenters. The van der Waals surface area contributed by atoms with Gasteiger partial charge in [-0.3, -0.25) is 10.1 Å². The first kappa shape index (κ1) is 15.0. The fourth-order valence-corrected chi connectivity index (χ4v) is 1.83. The zero-order valence-corrected chi connectivity index (χ0v) is 11.5. The van der Waals surface area contributed by atoms with Crippen LogP contribution in [0.4, 0.5) is 5.69 Å². The second-order valence-electron chi connectivity index (χ2n) is 3.78. The topological polar surface area (TPSA) is 84.6 Å². The number of benzene rings is 1. The van der Waals surface area contributed by atoms with Gasteiger partial charge in [-0.25, -0.2) is 0 Å². The number of hydrogen-bond acceptors (Lipinski definition) is 5. The Balaban J connectivity index is 2.53. The highest BCUT2D eigenvalue weighted by Crippen LogP contribution is 2.25. The molecule has 0 bridgehead atoms. The van der Waals surface area contributed by atoms with E-state index in [1.807, 2.05) is 0 Å². The Morgan fingerprint density at radius 3 is 2.94 bits per heavy atom. The second-order valence-corrected chi connectivity index (χ2v) is 4.64. The van der Waals surface area contributed by atoms with Crippen LogP contribution in [0, 0.1) is 10.1 Å². The van der Waals surface area contributed by atoms with Gasteiger partial charge in [-0.05, 0) is 27.6 Å². The predicted molar refractivity (Wildman–Crippen MR) is 70.4 cm³/mol. The van der Waals surface area contributed by atoms with Crippen molar-refractivity contribution >= 4 is 21.6 Å². The van der Waals surface area contributed by atoms with E-state index >= 15 is 0 Å². The molecule has 0 aliphatic rings. The zero-order valence-electron chi connectivity index (χ0n) is 9.93. The Morgan fingerprint density at radius 2 is 2.33 bits per heavy atom. The summed E-state index contributed by atoms with van der Waals surface area (Å²) in [5, 5.41) is 23.2. The minimum Gasteiger partial charge on any atom is -0.389 e. The van der Waals surface area contributed by atoms with Crippen molar-refractivity contribution in [3.8, 4) is 0 Å². The normalized spacial score (nSPS) is 12.4. The molecule has 6 nitrogen and oxygen atoms in total. The van der Waals surface area contributed by atoms with Gasteiger partial charge in [-0.15, -0.1) is 0 Å². The molecule has 7 heteroatoms. The minimum atomic E-state index is -0.583. The summed E-state index contributed by atoms with van der Waals surface area (Å²) < 4.78 is 5.24. The fraction of sp³-hybridized carbons (Fsp3) is 0.455. The number of nitrogens with zero attached hydrogens (tertiary/aromatic N) is 1.